The summed E-state index contributed by atoms with van der Waals surface area (Å²) in [5, 5.41) is 10.0. The van der Waals surface area contributed by atoms with E-state index in [-0.39, 0.29) is 0 Å². The maximum absolute atomic E-state index is 10.0. The SMILES string of the molecule is C=O.CCCCCCCCCC(CCC)c1ccccc1O. The Morgan fingerprint density at radius 3 is 2.05 bits per heavy atom. The summed E-state index contributed by atoms with van der Waals surface area (Å²) in [7, 11) is 0. The van der Waals surface area contributed by atoms with Crippen LogP contribution in [0.4, 0.5) is 0 Å². The minimum Gasteiger partial charge on any atom is -0.508 e. The molecule has 22 heavy (non-hydrogen) atoms. The van der Waals surface area contributed by atoms with Crippen molar-refractivity contribution in [1.29, 1.82) is 0 Å². The van der Waals surface area contributed by atoms with Gasteiger partial charge in [0.2, 0.25) is 0 Å². The zero-order valence-electron chi connectivity index (χ0n) is 14.5. The Morgan fingerprint density at radius 2 is 1.45 bits per heavy atom. The molecule has 1 atom stereocenters. The summed E-state index contributed by atoms with van der Waals surface area (Å²) in [6.07, 6.45) is 13.1. The highest BCUT2D eigenvalue weighted by Crippen LogP contribution is 2.33. The largest absolute Gasteiger partial charge is 0.508 e. The van der Waals surface area contributed by atoms with Gasteiger partial charge in [-0.1, -0.05) is 83.4 Å². The number of carbonyl (C=O) groups is 1. The van der Waals surface area contributed by atoms with E-state index in [1.54, 1.807) is 0 Å². The van der Waals surface area contributed by atoms with Crippen molar-refractivity contribution in [2.45, 2.75) is 84.0 Å². The molecule has 2 nitrogen and oxygen atoms in total. The minimum atomic E-state index is 0.480. The summed E-state index contributed by atoms with van der Waals surface area (Å²) in [5.74, 6) is 1.02. The Bertz CT molecular complexity index is 362. The molecule has 0 spiro atoms. The van der Waals surface area contributed by atoms with Crippen molar-refractivity contribution in [3.8, 4) is 5.75 Å². The summed E-state index contributed by atoms with van der Waals surface area (Å²) >= 11 is 0. The van der Waals surface area contributed by atoms with Crippen LogP contribution < -0.4 is 0 Å². The lowest BCUT2D eigenvalue weighted by molar-refractivity contribution is -0.0979. The van der Waals surface area contributed by atoms with Crippen molar-refractivity contribution in [1.82, 2.24) is 0 Å². The van der Waals surface area contributed by atoms with Crippen LogP contribution in [0.2, 0.25) is 0 Å². The number of aromatic hydroxyl groups is 1. The van der Waals surface area contributed by atoms with E-state index in [4.69, 9.17) is 4.79 Å². The predicted octanol–water partition coefficient (Wildman–Crippen LogP) is 6.23. The van der Waals surface area contributed by atoms with Crippen LogP contribution >= 0.6 is 0 Å². The van der Waals surface area contributed by atoms with Crippen molar-refractivity contribution in [3.63, 3.8) is 0 Å². The van der Waals surface area contributed by atoms with Gasteiger partial charge in [0.15, 0.2) is 0 Å². The van der Waals surface area contributed by atoms with E-state index in [1.807, 2.05) is 25.0 Å². The first kappa shape index (κ1) is 20.7. The van der Waals surface area contributed by atoms with Crippen molar-refractivity contribution in [2.24, 2.45) is 0 Å². The summed E-state index contributed by atoms with van der Waals surface area (Å²) < 4.78 is 0. The maximum atomic E-state index is 10.0. The Hall–Kier alpha value is -1.31. The second-order valence-electron chi connectivity index (χ2n) is 5.95. The minimum absolute atomic E-state index is 0.480. The monoisotopic (exact) mass is 306 g/mol. The van der Waals surface area contributed by atoms with E-state index in [2.05, 4.69) is 19.9 Å². The molecule has 0 bridgehead atoms. The van der Waals surface area contributed by atoms with Gasteiger partial charge in [-0.2, -0.15) is 0 Å². The molecule has 0 aliphatic carbocycles. The van der Waals surface area contributed by atoms with Crippen LogP contribution in [0.25, 0.3) is 0 Å². The van der Waals surface area contributed by atoms with Crippen molar-refractivity contribution >= 4 is 6.79 Å². The average molecular weight is 306 g/mol. The Kier molecular flexibility index (Phi) is 13.7. The number of unbranched alkanes of at least 4 members (excludes halogenated alkanes) is 6. The number of hydrogen-bond donors (Lipinski definition) is 1. The van der Waals surface area contributed by atoms with Crippen LogP contribution in [-0.2, 0) is 4.79 Å². The van der Waals surface area contributed by atoms with Gasteiger partial charge >= 0.3 is 0 Å². The Balaban J connectivity index is 0.00000211. The summed E-state index contributed by atoms with van der Waals surface area (Å²) in [6, 6.07) is 7.87. The van der Waals surface area contributed by atoms with Crippen LogP contribution in [0, 0.1) is 0 Å². The lowest BCUT2D eigenvalue weighted by Gasteiger charge is -2.17. The fraction of sp³-hybridized carbons (Fsp3) is 0.650. The number of phenols is 1. The van der Waals surface area contributed by atoms with Gasteiger partial charge in [0.1, 0.15) is 12.5 Å². The van der Waals surface area contributed by atoms with E-state index >= 15 is 0 Å². The molecule has 0 radical (unpaired) electrons. The van der Waals surface area contributed by atoms with Crippen LogP contribution in [0.3, 0.4) is 0 Å². The maximum Gasteiger partial charge on any atom is 0.119 e. The molecule has 0 aliphatic rings. The third kappa shape index (κ3) is 8.86. The molecule has 126 valence electrons. The van der Waals surface area contributed by atoms with Gasteiger partial charge in [-0.05, 0) is 30.4 Å². The molecule has 0 amide bonds. The standard InChI is InChI=1S/C19H32O.CH2O/c1-3-5-6-7-8-9-10-14-17(13-4-2)18-15-11-12-16-19(18)20;1-2/h11-12,15-17,20H,3-10,13-14H2,1-2H3;1H2. The fourth-order valence-electron chi connectivity index (χ4n) is 2.98. The lowest BCUT2D eigenvalue weighted by atomic mass is 9.88. The van der Waals surface area contributed by atoms with Gasteiger partial charge < -0.3 is 9.90 Å². The van der Waals surface area contributed by atoms with Crippen molar-refractivity contribution in [3.05, 3.63) is 29.8 Å². The van der Waals surface area contributed by atoms with Crippen LogP contribution in [0.15, 0.2) is 24.3 Å². The van der Waals surface area contributed by atoms with Crippen LogP contribution in [-0.4, -0.2) is 11.9 Å². The molecule has 1 aromatic rings. The number of phenolic OH excluding ortho intramolecular Hbond substituents is 1. The van der Waals surface area contributed by atoms with Gasteiger partial charge in [0, 0.05) is 0 Å². The smallest absolute Gasteiger partial charge is 0.119 e. The molecule has 1 aromatic carbocycles. The van der Waals surface area contributed by atoms with E-state index in [9.17, 15) is 5.11 Å². The summed E-state index contributed by atoms with van der Waals surface area (Å²) in [5.41, 5.74) is 1.15. The highest BCUT2D eigenvalue weighted by molar-refractivity contribution is 5.34. The van der Waals surface area contributed by atoms with E-state index < -0.39 is 0 Å². The Labute approximate surface area is 137 Å². The molecule has 1 unspecified atom stereocenters. The molecule has 0 heterocycles. The van der Waals surface area contributed by atoms with Crippen LogP contribution in [0.5, 0.6) is 5.75 Å². The van der Waals surface area contributed by atoms with Gasteiger partial charge in [-0.25, -0.2) is 0 Å². The quantitative estimate of drug-likeness (QED) is 0.492. The normalized spacial score (nSPS) is 11.5. The molecular formula is C20H34O2. The van der Waals surface area contributed by atoms with Gasteiger partial charge in [0.05, 0.1) is 0 Å². The second kappa shape index (κ2) is 14.6. The molecule has 1 rings (SSSR count). The zero-order valence-corrected chi connectivity index (χ0v) is 14.5. The third-order valence-corrected chi connectivity index (χ3v) is 4.17. The number of carbonyl (C=O) groups excluding carboxylic acids is 1. The zero-order chi connectivity index (χ0) is 16.6. The molecule has 0 aliphatic heterocycles. The molecule has 1 N–H and O–H groups in total. The van der Waals surface area contributed by atoms with Gasteiger partial charge in [0.25, 0.3) is 0 Å². The highest BCUT2D eigenvalue weighted by atomic mass is 16.3. The van der Waals surface area contributed by atoms with E-state index in [0.29, 0.717) is 11.7 Å². The first-order chi connectivity index (χ1) is 10.8. The molecule has 2 heteroatoms. The molecule has 0 saturated heterocycles. The van der Waals surface area contributed by atoms with Gasteiger partial charge in [-0.15, -0.1) is 0 Å². The van der Waals surface area contributed by atoms with Gasteiger partial charge in [-0.3, -0.25) is 0 Å². The molecule has 0 saturated carbocycles. The highest BCUT2D eigenvalue weighted by Gasteiger charge is 2.13. The predicted molar refractivity (Wildman–Crippen MR) is 95.5 cm³/mol. The first-order valence-corrected chi connectivity index (χ1v) is 8.86. The summed E-state index contributed by atoms with van der Waals surface area (Å²) in [6.45, 7) is 6.50. The van der Waals surface area contributed by atoms with E-state index in [1.165, 1.54) is 64.2 Å². The number of hydrogen-bond acceptors (Lipinski definition) is 2. The van der Waals surface area contributed by atoms with Crippen molar-refractivity contribution in [2.75, 3.05) is 0 Å². The first-order valence-electron chi connectivity index (χ1n) is 8.86. The van der Waals surface area contributed by atoms with Crippen molar-refractivity contribution < 1.29 is 9.90 Å². The molecule has 0 fully saturated rings. The number of benzene rings is 1. The third-order valence-electron chi connectivity index (χ3n) is 4.17. The van der Waals surface area contributed by atoms with E-state index in [0.717, 1.165) is 5.56 Å². The summed E-state index contributed by atoms with van der Waals surface area (Å²) in [4.78, 5) is 8.00. The lowest BCUT2D eigenvalue weighted by Crippen LogP contribution is -1.99. The number of rotatable bonds is 11. The fourth-order valence-corrected chi connectivity index (χ4v) is 2.98. The molecule has 0 aromatic heterocycles. The van der Waals surface area contributed by atoms with Crippen LogP contribution in [0.1, 0.15) is 89.5 Å². The number of para-hydroxylation sites is 1. The topological polar surface area (TPSA) is 37.3 Å². The average Bonchev–Trinajstić information content (AvgIpc) is 2.55. The second-order valence-corrected chi connectivity index (χ2v) is 5.95. The Morgan fingerprint density at radius 1 is 0.864 bits per heavy atom. The molecular weight excluding hydrogens is 272 g/mol.